The van der Waals surface area contributed by atoms with Crippen LogP contribution in [0.2, 0.25) is 0 Å². The summed E-state index contributed by atoms with van der Waals surface area (Å²) in [6.45, 7) is 0.773. The Kier molecular flexibility index (Phi) is 3.55. The van der Waals surface area contributed by atoms with E-state index in [0.717, 1.165) is 23.4 Å². The first-order chi connectivity index (χ1) is 7.93. The standard InChI is InChI=1S/C10H9N5S.ClH/c1-2-7(16-3-1)4-11-9-8-5-14-15-10(8)13-6-12-9;/h1-3,5-6H,4H2,(H2,11,12,13,14,15);1H. The zero-order valence-electron chi connectivity index (χ0n) is 8.75. The molecule has 0 saturated heterocycles. The van der Waals surface area contributed by atoms with Gasteiger partial charge in [0.2, 0.25) is 0 Å². The Bertz CT molecular complexity index is 592. The number of aromatic nitrogens is 4. The highest BCUT2D eigenvalue weighted by molar-refractivity contribution is 7.09. The number of thiophene rings is 1. The van der Waals surface area contributed by atoms with Gasteiger partial charge in [0.15, 0.2) is 5.65 Å². The summed E-state index contributed by atoms with van der Waals surface area (Å²) < 4.78 is 0. The Morgan fingerprint density at radius 1 is 1.35 bits per heavy atom. The first-order valence-corrected chi connectivity index (χ1v) is 5.72. The number of nitrogens with zero attached hydrogens (tertiary/aromatic N) is 3. The SMILES string of the molecule is Cl.c1csc(CNc2ncnc3[nH]ncc23)c1. The molecule has 0 radical (unpaired) electrons. The molecule has 0 aromatic carbocycles. The second kappa shape index (κ2) is 5.11. The highest BCUT2D eigenvalue weighted by Crippen LogP contribution is 2.17. The maximum Gasteiger partial charge on any atom is 0.160 e. The minimum absolute atomic E-state index is 0. The molecular formula is C10H10ClN5S. The lowest BCUT2D eigenvalue weighted by Crippen LogP contribution is -2.00. The molecular weight excluding hydrogens is 258 g/mol. The summed E-state index contributed by atoms with van der Waals surface area (Å²) in [6, 6.07) is 4.13. The van der Waals surface area contributed by atoms with Crippen molar-refractivity contribution in [2.24, 2.45) is 0 Å². The molecule has 0 aliphatic heterocycles. The van der Waals surface area contributed by atoms with E-state index in [4.69, 9.17) is 0 Å². The molecule has 0 unspecified atom stereocenters. The minimum atomic E-state index is 0. The summed E-state index contributed by atoms with van der Waals surface area (Å²) in [7, 11) is 0. The maximum absolute atomic E-state index is 4.20. The average Bonchev–Trinajstić information content (AvgIpc) is 2.97. The van der Waals surface area contributed by atoms with Gasteiger partial charge in [-0.3, -0.25) is 5.10 Å². The molecule has 0 bridgehead atoms. The Hall–Kier alpha value is -1.66. The van der Waals surface area contributed by atoms with Crippen LogP contribution >= 0.6 is 23.7 Å². The fraction of sp³-hybridized carbons (Fsp3) is 0.100. The zero-order valence-corrected chi connectivity index (χ0v) is 10.4. The molecule has 3 aromatic rings. The van der Waals surface area contributed by atoms with E-state index in [-0.39, 0.29) is 12.4 Å². The Morgan fingerprint density at radius 3 is 3.12 bits per heavy atom. The van der Waals surface area contributed by atoms with Gasteiger partial charge in [-0.2, -0.15) is 5.10 Å². The molecule has 3 aromatic heterocycles. The predicted molar refractivity (Wildman–Crippen MR) is 70.6 cm³/mol. The van der Waals surface area contributed by atoms with Gasteiger partial charge in [-0.15, -0.1) is 23.7 Å². The van der Waals surface area contributed by atoms with E-state index in [0.29, 0.717) is 0 Å². The van der Waals surface area contributed by atoms with Crippen molar-refractivity contribution in [1.82, 2.24) is 20.2 Å². The van der Waals surface area contributed by atoms with Gasteiger partial charge in [-0.1, -0.05) is 6.07 Å². The van der Waals surface area contributed by atoms with Crippen LogP contribution in [0.5, 0.6) is 0 Å². The van der Waals surface area contributed by atoms with Crippen molar-refractivity contribution < 1.29 is 0 Å². The van der Waals surface area contributed by atoms with Gasteiger partial charge in [0, 0.05) is 4.88 Å². The first-order valence-electron chi connectivity index (χ1n) is 4.84. The Balaban J connectivity index is 0.00000108. The molecule has 0 spiro atoms. The van der Waals surface area contributed by atoms with Gasteiger partial charge in [-0.05, 0) is 11.4 Å². The monoisotopic (exact) mass is 267 g/mol. The van der Waals surface area contributed by atoms with E-state index in [1.54, 1.807) is 17.5 Å². The second-order valence-corrected chi connectivity index (χ2v) is 4.32. The maximum atomic E-state index is 4.20. The lowest BCUT2D eigenvalue weighted by molar-refractivity contribution is 1.08. The number of anilines is 1. The normalized spacial score (nSPS) is 10.1. The predicted octanol–water partition coefficient (Wildman–Crippen LogP) is 2.45. The van der Waals surface area contributed by atoms with Crippen LogP contribution in [0.15, 0.2) is 30.0 Å². The van der Waals surface area contributed by atoms with E-state index >= 15 is 0 Å². The number of rotatable bonds is 3. The van der Waals surface area contributed by atoms with Crippen molar-refractivity contribution in [3.8, 4) is 0 Å². The smallest absolute Gasteiger partial charge is 0.160 e. The second-order valence-electron chi connectivity index (χ2n) is 3.29. The average molecular weight is 268 g/mol. The number of aromatic amines is 1. The molecule has 0 atom stereocenters. The van der Waals surface area contributed by atoms with Crippen molar-refractivity contribution in [2.75, 3.05) is 5.32 Å². The molecule has 5 nitrogen and oxygen atoms in total. The molecule has 0 fully saturated rings. The van der Waals surface area contributed by atoms with Gasteiger partial charge >= 0.3 is 0 Å². The van der Waals surface area contributed by atoms with Crippen molar-refractivity contribution >= 4 is 40.6 Å². The molecule has 0 saturated carbocycles. The third kappa shape index (κ3) is 2.37. The van der Waals surface area contributed by atoms with E-state index in [9.17, 15) is 0 Å². The summed E-state index contributed by atoms with van der Waals surface area (Å²) in [6.07, 6.45) is 3.25. The van der Waals surface area contributed by atoms with Crippen LogP contribution in [0.3, 0.4) is 0 Å². The van der Waals surface area contributed by atoms with E-state index in [1.165, 1.54) is 11.2 Å². The lowest BCUT2D eigenvalue weighted by Gasteiger charge is -2.03. The summed E-state index contributed by atoms with van der Waals surface area (Å²) >= 11 is 1.72. The van der Waals surface area contributed by atoms with E-state index in [1.807, 2.05) is 6.07 Å². The Labute approximate surface area is 108 Å². The number of halogens is 1. The fourth-order valence-electron chi connectivity index (χ4n) is 1.49. The van der Waals surface area contributed by atoms with Gasteiger partial charge in [0.25, 0.3) is 0 Å². The van der Waals surface area contributed by atoms with Crippen LogP contribution in [0.25, 0.3) is 11.0 Å². The molecule has 3 heterocycles. The molecule has 0 aliphatic carbocycles. The van der Waals surface area contributed by atoms with Crippen molar-refractivity contribution in [2.45, 2.75) is 6.54 Å². The van der Waals surface area contributed by atoms with Crippen LogP contribution in [0.1, 0.15) is 4.88 Å². The largest absolute Gasteiger partial charge is 0.364 e. The van der Waals surface area contributed by atoms with Gasteiger partial charge in [0.05, 0.1) is 18.1 Å². The molecule has 88 valence electrons. The van der Waals surface area contributed by atoms with Crippen molar-refractivity contribution in [3.63, 3.8) is 0 Å². The minimum Gasteiger partial charge on any atom is -0.364 e. The molecule has 2 N–H and O–H groups in total. The topological polar surface area (TPSA) is 66.5 Å². The van der Waals surface area contributed by atoms with Crippen LogP contribution in [0.4, 0.5) is 5.82 Å². The van der Waals surface area contributed by atoms with Crippen LogP contribution < -0.4 is 5.32 Å². The van der Waals surface area contributed by atoms with E-state index in [2.05, 4.69) is 36.9 Å². The first kappa shape index (κ1) is 11.8. The van der Waals surface area contributed by atoms with Crippen molar-refractivity contribution in [3.05, 3.63) is 34.9 Å². The molecule has 7 heteroatoms. The molecule has 17 heavy (non-hydrogen) atoms. The number of nitrogens with one attached hydrogen (secondary N) is 2. The van der Waals surface area contributed by atoms with E-state index < -0.39 is 0 Å². The van der Waals surface area contributed by atoms with Crippen LogP contribution in [0, 0.1) is 0 Å². The van der Waals surface area contributed by atoms with Gasteiger partial charge in [0.1, 0.15) is 12.1 Å². The quantitative estimate of drug-likeness (QED) is 0.765. The molecule has 3 rings (SSSR count). The highest BCUT2D eigenvalue weighted by atomic mass is 35.5. The number of H-pyrrole nitrogens is 1. The number of fused-ring (bicyclic) bond motifs is 1. The third-order valence-electron chi connectivity index (χ3n) is 2.26. The molecule has 0 amide bonds. The summed E-state index contributed by atoms with van der Waals surface area (Å²) in [5.74, 6) is 0.812. The molecule has 0 aliphatic rings. The lowest BCUT2D eigenvalue weighted by atomic mass is 10.4. The van der Waals surface area contributed by atoms with Gasteiger partial charge in [-0.25, -0.2) is 9.97 Å². The zero-order chi connectivity index (χ0) is 10.8. The summed E-state index contributed by atoms with van der Waals surface area (Å²) in [5.41, 5.74) is 0.753. The summed E-state index contributed by atoms with van der Waals surface area (Å²) in [4.78, 5) is 9.55. The van der Waals surface area contributed by atoms with Crippen LogP contribution in [-0.2, 0) is 6.54 Å². The van der Waals surface area contributed by atoms with Gasteiger partial charge < -0.3 is 5.32 Å². The fourth-order valence-corrected chi connectivity index (χ4v) is 2.13. The number of hydrogen-bond donors (Lipinski definition) is 2. The third-order valence-corrected chi connectivity index (χ3v) is 3.13. The number of hydrogen-bond acceptors (Lipinski definition) is 5. The Morgan fingerprint density at radius 2 is 2.29 bits per heavy atom. The van der Waals surface area contributed by atoms with Crippen molar-refractivity contribution in [1.29, 1.82) is 0 Å². The highest BCUT2D eigenvalue weighted by Gasteiger charge is 2.04. The van der Waals surface area contributed by atoms with Crippen LogP contribution in [-0.4, -0.2) is 20.2 Å². The summed E-state index contributed by atoms with van der Waals surface area (Å²) in [5, 5.41) is 13.0.